The first-order chi connectivity index (χ1) is 8.12. The van der Waals surface area contributed by atoms with Crippen LogP contribution in [0.25, 0.3) is 0 Å². The molecule has 0 aliphatic carbocycles. The molecule has 1 unspecified atom stereocenters. The van der Waals surface area contributed by atoms with Gasteiger partial charge in [0.2, 0.25) is 0 Å². The number of rotatable bonds is 4. The van der Waals surface area contributed by atoms with Crippen molar-refractivity contribution in [1.82, 2.24) is 0 Å². The van der Waals surface area contributed by atoms with Gasteiger partial charge in [-0.3, -0.25) is 0 Å². The summed E-state index contributed by atoms with van der Waals surface area (Å²) in [4.78, 5) is 0. The van der Waals surface area contributed by atoms with Crippen LogP contribution in [0.3, 0.4) is 0 Å². The zero-order valence-corrected chi connectivity index (χ0v) is 15.2. The summed E-state index contributed by atoms with van der Waals surface area (Å²) in [5.74, 6) is 0.863. The fraction of sp³-hybridized carbons (Fsp3) is 0.571. The van der Waals surface area contributed by atoms with Crippen molar-refractivity contribution in [2.75, 3.05) is 0 Å². The van der Waals surface area contributed by atoms with Crippen molar-refractivity contribution in [2.24, 2.45) is 0 Å². The molecule has 0 saturated heterocycles. The van der Waals surface area contributed by atoms with Gasteiger partial charge in [0, 0.05) is 3.57 Å². The average Bonchev–Trinajstić information content (AvgIpc) is 2.19. The van der Waals surface area contributed by atoms with Crippen LogP contribution >= 0.6 is 22.6 Å². The van der Waals surface area contributed by atoms with E-state index in [2.05, 4.69) is 56.5 Å². The Morgan fingerprint density at radius 2 is 1.61 bits per heavy atom. The predicted molar refractivity (Wildman–Crippen MR) is 87.5 cm³/mol. The Hall–Kier alpha value is -0.0731. The van der Waals surface area contributed by atoms with E-state index in [-0.39, 0.29) is 11.3 Å². The largest absolute Gasteiger partial charge is 0.466 e. The molecule has 0 bridgehead atoms. The minimum absolute atomic E-state index is 0.203. The fourth-order valence-corrected chi connectivity index (χ4v) is 2.91. The summed E-state index contributed by atoms with van der Waals surface area (Å²) in [5.41, 5.74) is 0. The van der Waals surface area contributed by atoms with E-state index in [9.17, 15) is 0 Å². The molecule has 0 fully saturated rings. The highest BCUT2D eigenvalue weighted by Gasteiger charge is 2.38. The average molecular weight is 378 g/mol. The van der Waals surface area contributed by atoms with Gasteiger partial charge in [0.1, 0.15) is 5.75 Å². The van der Waals surface area contributed by atoms with E-state index < -0.39 is 8.32 Å². The van der Waals surface area contributed by atoms with Gasteiger partial charge in [-0.1, -0.05) is 20.8 Å². The van der Waals surface area contributed by atoms with Crippen LogP contribution in [-0.4, -0.2) is 14.6 Å². The lowest BCUT2D eigenvalue weighted by Crippen LogP contribution is -2.44. The first-order valence-electron chi connectivity index (χ1n) is 6.22. The molecule has 2 nitrogen and oxygen atoms in total. The van der Waals surface area contributed by atoms with E-state index in [4.69, 9.17) is 9.16 Å². The normalized spacial score (nSPS) is 14.4. The number of benzene rings is 1. The molecule has 0 aromatic heterocycles. The summed E-state index contributed by atoms with van der Waals surface area (Å²) >= 11 is 2.28. The maximum absolute atomic E-state index is 6.15. The Kier molecular flexibility index (Phi) is 5.26. The maximum atomic E-state index is 6.15. The topological polar surface area (TPSA) is 18.5 Å². The van der Waals surface area contributed by atoms with Gasteiger partial charge in [0.05, 0.1) is 0 Å². The Bertz CT molecular complexity index is 382. The Labute approximate surface area is 125 Å². The summed E-state index contributed by atoms with van der Waals surface area (Å²) in [6.45, 7) is 13.1. The van der Waals surface area contributed by atoms with Gasteiger partial charge < -0.3 is 9.16 Å². The molecule has 0 N–H and O–H groups in total. The van der Waals surface area contributed by atoms with Crippen molar-refractivity contribution in [3.8, 4) is 5.75 Å². The maximum Gasteiger partial charge on any atom is 0.196 e. The third kappa shape index (κ3) is 4.55. The lowest BCUT2D eigenvalue weighted by Gasteiger charge is -2.38. The van der Waals surface area contributed by atoms with Gasteiger partial charge in [-0.25, -0.2) is 0 Å². The molecular weight excluding hydrogens is 355 g/mol. The quantitative estimate of drug-likeness (QED) is 0.415. The smallest absolute Gasteiger partial charge is 0.196 e. The third-order valence-electron chi connectivity index (χ3n) is 3.38. The molecule has 1 rings (SSSR count). The second kappa shape index (κ2) is 5.92. The van der Waals surface area contributed by atoms with E-state index in [1.165, 1.54) is 3.57 Å². The van der Waals surface area contributed by atoms with E-state index in [0.29, 0.717) is 0 Å². The predicted octanol–water partition coefficient (Wildman–Crippen LogP) is 5.04. The molecule has 0 aliphatic heterocycles. The zero-order valence-electron chi connectivity index (χ0n) is 12.1. The van der Waals surface area contributed by atoms with Crippen molar-refractivity contribution in [1.29, 1.82) is 0 Å². The molecule has 0 saturated carbocycles. The van der Waals surface area contributed by atoms with E-state index in [1.54, 1.807) is 0 Å². The Balaban J connectivity index is 2.62. The van der Waals surface area contributed by atoms with E-state index >= 15 is 0 Å². The Morgan fingerprint density at radius 3 is 2.06 bits per heavy atom. The molecule has 4 heteroatoms. The molecule has 18 heavy (non-hydrogen) atoms. The van der Waals surface area contributed by atoms with Crippen molar-refractivity contribution in [3.05, 3.63) is 27.8 Å². The van der Waals surface area contributed by atoms with Crippen molar-refractivity contribution in [2.45, 2.75) is 52.1 Å². The summed E-state index contributed by atoms with van der Waals surface area (Å²) in [6.07, 6.45) is -0.203. The number of ether oxygens (including phenoxy) is 1. The van der Waals surface area contributed by atoms with Crippen LogP contribution in [0.15, 0.2) is 24.3 Å². The molecule has 1 atom stereocenters. The van der Waals surface area contributed by atoms with Crippen LogP contribution in [0, 0.1) is 3.57 Å². The third-order valence-corrected chi connectivity index (χ3v) is 8.64. The molecule has 1 aromatic carbocycles. The highest BCUT2D eigenvalue weighted by molar-refractivity contribution is 14.1. The lowest BCUT2D eigenvalue weighted by atomic mass is 10.2. The minimum atomic E-state index is -1.76. The monoisotopic (exact) mass is 378 g/mol. The fourth-order valence-electron chi connectivity index (χ4n) is 1.32. The summed E-state index contributed by atoms with van der Waals surface area (Å²) in [7, 11) is -1.76. The van der Waals surface area contributed by atoms with Gasteiger partial charge in [-0.05, 0) is 71.9 Å². The molecule has 0 aliphatic rings. The molecule has 102 valence electrons. The molecule has 0 amide bonds. The first kappa shape index (κ1) is 16.0. The summed E-state index contributed by atoms with van der Waals surface area (Å²) in [5, 5.41) is 0.205. The molecule has 0 radical (unpaired) electrons. The standard InChI is InChI=1S/C14H23IO2Si/c1-11(17-18(5,6)14(2,3)4)16-13-9-7-12(15)8-10-13/h7-11H,1-6H3. The van der Waals surface area contributed by atoms with Gasteiger partial charge >= 0.3 is 0 Å². The zero-order chi connectivity index (χ0) is 14.0. The number of hydrogen-bond donors (Lipinski definition) is 0. The highest BCUT2D eigenvalue weighted by atomic mass is 127. The van der Waals surface area contributed by atoms with Crippen molar-refractivity contribution >= 4 is 30.9 Å². The van der Waals surface area contributed by atoms with Crippen LogP contribution in [0.5, 0.6) is 5.75 Å². The molecule has 0 spiro atoms. The minimum Gasteiger partial charge on any atom is -0.466 e. The SMILES string of the molecule is CC(Oc1ccc(I)cc1)O[Si](C)(C)C(C)(C)C. The summed E-state index contributed by atoms with van der Waals surface area (Å²) in [6, 6.07) is 8.03. The second-order valence-electron chi connectivity index (χ2n) is 6.02. The molecule has 0 heterocycles. The van der Waals surface area contributed by atoms with Gasteiger partial charge in [0.15, 0.2) is 14.6 Å². The molecule has 1 aromatic rings. The summed E-state index contributed by atoms with van der Waals surface area (Å²) < 4.78 is 13.2. The van der Waals surface area contributed by atoms with Crippen molar-refractivity contribution < 1.29 is 9.16 Å². The number of halogens is 1. The van der Waals surface area contributed by atoms with Gasteiger partial charge in [0.25, 0.3) is 0 Å². The van der Waals surface area contributed by atoms with Crippen LogP contribution in [0.1, 0.15) is 27.7 Å². The van der Waals surface area contributed by atoms with E-state index in [1.807, 2.05) is 31.2 Å². The van der Waals surface area contributed by atoms with E-state index in [0.717, 1.165) is 5.75 Å². The second-order valence-corrected chi connectivity index (χ2v) is 12.0. The first-order valence-corrected chi connectivity index (χ1v) is 10.2. The van der Waals surface area contributed by atoms with Crippen LogP contribution in [0.2, 0.25) is 18.1 Å². The van der Waals surface area contributed by atoms with Crippen LogP contribution < -0.4 is 4.74 Å². The number of hydrogen-bond acceptors (Lipinski definition) is 2. The highest BCUT2D eigenvalue weighted by Crippen LogP contribution is 2.37. The molecular formula is C14H23IO2Si. The van der Waals surface area contributed by atoms with Crippen molar-refractivity contribution in [3.63, 3.8) is 0 Å². The van der Waals surface area contributed by atoms with Crippen LogP contribution in [0.4, 0.5) is 0 Å². The van der Waals surface area contributed by atoms with Gasteiger partial charge in [-0.15, -0.1) is 0 Å². The lowest BCUT2D eigenvalue weighted by molar-refractivity contribution is 0.0105. The van der Waals surface area contributed by atoms with Gasteiger partial charge in [-0.2, -0.15) is 0 Å². The Morgan fingerprint density at radius 1 is 1.11 bits per heavy atom. The van der Waals surface area contributed by atoms with Crippen LogP contribution in [-0.2, 0) is 4.43 Å².